The van der Waals surface area contributed by atoms with Crippen LogP contribution < -0.4 is 15.9 Å². The summed E-state index contributed by atoms with van der Waals surface area (Å²) in [6.07, 6.45) is 7.25. The highest BCUT2D eigenvalue weighted by atomic mass is 31.2. The van der Waals surface area contributed by atoms with E-state index < -0.39 is 7.26 Å². The number of carbonyl (C=O) groups excluding carboxylic acids is 1. The molecule has 0 amide bonds. The molecule has 0 aliphatic carbocycles. The molecule has 0 radical (unpaired) electrons. The number of hydrogen-bond donors (Lipinski definition) is 0. The summed E-state index contributed by atoms with van der Waals surface area (Å²) in [6.45, 7) is 3.77. The molecule has 0 saturated heterocycles. The van der Waals surface area contributed by atoms with Crippen LogP contribution in [0.4, 0.5) is 0 Å². The fourth-order valence-electron chi connectivity index (χ4n) is 3.57. The van der Waals surface area contributed by atoms with Crippen molar-refractivity contribution in [1.82, 2.24) is 0 Å². The summed E-state index contributed by atoms with van der Waals surface area (Å²) < 4.78 is 5.03. The Hall–Kier alpha value is -2.96. The molecule has 3 heteroatoms. The van der Waals surface area contributed by atoms with Gasteiger partial charge in [-0.05, 0) is 55.5 Å². The lowest BCUT2D eigenvalue weighted by atomic mass is 10.2. The van der Waals surface area contributed by atoms with Gasteiger partial charge in [0.25, 0.3) is 0 Å². The highest BCUT2D eigenvalue weighted by molar-refractivity contribution is 7.95. The smallest absolute Gasteiger partial charge is 0.302 e. The van der Waals surface area contributed by atoms with Crippen molar-refractivity contribution in [2.24, 2.45) is 0 Å². The zero-order valence-electron chi connectivity index (χ0n) is 17.6. The van der Waals surface area contributed by atoms with Crippen molar-refractivity contribution in [2.75, 3.05) is 12.8 Å². The van der Waals surface area contributed by atoms with Crippen LogP contribution in [0.3, 0.4) is 0 Å². The number of hydrogen-bond acceptors (Lipinski definition) is 2. The highest BCUT2D eigenvalue weighted by Gasteiger charge is 2.43. The Bertz CT molecular complexity index is 896. The molecule has 2 nitrogen and oxygen atoms in total. The zero-order valence-corrected chi connectivity index (χ0v) is 18.5. The molecular formula is C27H28O2P+. The van der Waals surface area contributed by atoms with Gasteiger partial charge in [-0.1, -0.05) is 66.2 Å². The van der Waals surface area contributed by atoms with Crippen molar-refractivity contribution in [3.63, 3.8) is 0 Å². The number of esters is 1. The normalized spacial score (nSPS) is 12.1. The molecule has 3 aromatic carbocycles. The second-order valence-corrected chi connectivity index (χ2v) is 10.7. The van der Waals surface area contributed by atoms with Crippen LogP contribution in [0.25, 0.3) is 0 Å². The van der Waals surface area contributed by atoms with E-state index in [2.05, 4.69) is 103 Å². The van der Waals surface area contributed by atoms with Crippen LogP contribution in [0.5, 0.6) is 0 Å². The third-order valence-corrected chi connectivity index (χ3v) is 9.34. The molecule has 152 valence electrons. The number of ether oxygens (including phenoxy) is 1. The summed E-state index contributed by atoms with van der Waals surface area (Å²) in [6, 6.07) is 32.5. The third kappa shape index (κ3) is 5.34. The summed E-state index contributed by atoms with van der Waals surface area (Å²) in [5.74, 6) is -0.259. The van der Waals surface area contributed by atoms with Crippen LogP contribution in [-0.4, -0.2) is 18.7 Å². The molecule has 0 unspecified atom stereocenters. The molecule has 0 aromatic heterocycles. The Balaban J connectivity index is 2.03. The molecule has 0 aliphatic rings. The van der Waals surface area contributed by atoms with Gasteiger partial charge in [-0.3, -0.25) is 4.79 Å². The Morgan fingerprint density at radius 2 is 1.20 bits per heavy atom. The lowest BCUT2D eigenvalue weighted by Gasteiger charge is -2.26. The molecule has 0 N–H and O–H groups in total. The summed E-state index contributed by atoms with van der Waals surface area (Å²) in [5, 5.41) is 4.11. The first kappa shape index (κ1) is 21.7. The van der Waals surface area contributed by atoms with Crippen molar-refractivity contribution < 1.29 is 9.53 Å². The maximum atomic E-state index is 11.0. The molecule has 0 fully saturated rings. The fraction of sp³-hybridized carbons (Fsp3) is 0.148. The standard InChI is InChI=1S/C27H28O2P/c1-23(20-21-29-24(2)28)13-12-22-30(25-14-6-3-7-15-25,26-16-8-4-9-17-26)27-18-10-5-11-19-27/h3-20H,21-22H2,1-2H3/q+1/b13-12+,23-20+. The molecule has 0 heterocycles. The molecule has 0 saturated carbocycles. The Morgan fingerprint density at radius 3 is 1.60 bits per heavy atom. The zero-order chi connectivity index (χ0) is 21.2. The average molecular weight is 415 g/mol. The lowest BCUT2D eigenvalue weighted by molar-refractivity contribution is -0.139. The van der Waals surface area contributed by atoms with Crippen LogP contribution in [0.15, 0.2) is 115 Å². The first-order valence-electron chi connectivity index (χ1n) is 10.1. The van der Waals surface area contributed by atoms with E-state index >= 15 is 0 Å². The van der Waals surface area contributed by atoms with Gasteiger partial charge in [0, 0.05) is 6.92 Å². The van der Waals surface area contributed by atoms with E-state index in [1.807, 2.05) is 13.0 Å². The average Bonchev–Trinajstić information content (AvgIpc) is 2.78. The monoisotopic (exact) mass is 415 g/mol. The largest absolute Gasteiger partial charge is 0.462 e. The minimum atomic E-state index is -1.85. The van der Waals surface area contributed by atoms with Crippen LogP contribution in [0, 0.1) is 0 Å². The van der Waals surface area contributed by atoms with Gasteiger partial charge in [-0.25, -0.2) is 0 Å². The third-order valence-electron chi connectivity index (χ3n) is 5.04. The minimum Gasteiger partial charge on any atom is -0.462 e. The maximum Gasteiger partial charge on any atom is 0.302 e. The predicted octanol–water partition coefficient (Wildman–Crippen LogP) is 5.05. The predicted molar refractivity (Wildman–Crippen MR) is 130 cm³/mol. The van der Waals surface area contributed by atoms with Gasteiger partial charge in [0.05, 0.1) is 6.16 Å². The van der Waals surface area contributed by atoms with E-state index in [-0.39, 0.29) is 5.97 Å². The molecule has 3 aromatic rings. The van der Waals surface area contributed by atoms with E-state index in [1.54, 1.807) is 0 Å². The maximum absolute atomic E-state index is 11.0. The SMILES string of the molecule is CC(=O)OC/C=C(C)/C=C/C[P+](c1ccccc1)(c1ccccc1)c1ccccc1. The summed E-state index contributed by atoms with van der Waals surface area (Å²) in [5.41, 5.74) is 1.09. The van der Waals surface area contributed by atoms with Crippen LogP contribution in [0.1, 0.15) is 13.8 Å². The van der Waals surface area contributed by atoms with Gasteiger partial charge in [-0.2, -0.15) is 0 Å². The van der Waals surface area contributed by atoms with Crippen molar-refractivity contribution in [2.45, 2.75) is 13.8 Å². The van der Waals surface area contributed by atoms with Crippen molar-refractivity contribution in [1.29, 1.82) is 0 Å². The van der Waals surface area contributed by atoms with Gasteiger partial charge < -0.3 is 4.74 Å². The van der Waals surface area contributed by atoms with Gasteiger partial charge in [0.2, 0.25) is 0 Å². The molecule has 30 heavy (non-hydrogen) atoms. The van der Waals surface area contributed by atoms with Crippen LogP contribution in [-0.2, 0) is 9.53 Å². The summed E-state index contributed by atoms with van der Waals surface area (Å²) >= 11 is 0. The molecule has 0 spiro atoms. The molecule has 3 rings (SSSR count). The van der Waals surface area contributed by atoms with Gasteiger partial charge in [0.15, 0.2) is 0 Å². The minimum absolute atomic E-state index is 0.259. The molecule has 0 bridgehead atoms. The number of benzene rings is 3. The molecule has 0 atom stereocenters. The summed E-state index contributed by atoms with van der Waals surface area (Å²) in [7, 11) is -1.85. The van der Waals surface area contributed by atoms with Gasteiger partial charge >= 0.3 is 5.97 Å². The van der Waals surface area contributed by atoms with Crippen molar-refractivity contribution in [3.05, 3.63) is 115 Å². The van der Waals surface area contributed by atoms with Crippen molar-refractivity contribution >= 4 is 29.1 Å². The van der Waals surface area contributed by atoms with E-state index in [0.29, 0.717) is 6.61 Å². The van der Waals surface area contributed by atoms with Crippen molar-refractivity contribution in [3.8, 4) is 0 Å². The Kier molecular flexibility index (Phi) is 7.76. The lowest BCUT2D eigenvalue weighted by Crippen LogP contribution is -2.32. The van der Waals surface area contributed by atoms with E-state index in [9.17, 15) is 4.79 Å². The van der Waals surface area contributed by atoms with E-state index in [4.69, 9.17) is 4.74 Å². The second-order valence-electron chi connectivity index (χ2n) is 7.15. The first-order chi connectivity index (χ1) is 14.6. The number of carbonyl (C=O) groups is 1. The molecule has 0 aliphatic heterocycles. The molecular weight excluding hydrogens is 387 g/mol. The highest BCUT2D eigenvalue weighted by Crippen LogP contribution is 2.55. The summed E-state index contributed by atoms with van der Waals surface area (Å²) in [4.78, 5) is 11.0. The van der Waals surface area contributed by atoms with E-state index in [1.165, 1.54) is 22.8 Å². The Labute approximate surface area is 180 Å². The first-order valence-corrected chi connectivity index (χ1v) is 12.1. The topological polar surface area (TPSA) is 26.3 Å². The fourth-order valence-corrected chi connectivity index (χ4v) is 7.56. The second kappa shape index (κ2) is 10.7. The van der Waals surface area contributed by atoms with E-state index in [0.717, 1.165) is 11.7 Å². The van der Waals surface area contributed by atoms with Crippen LogP contribution >= 0.6 is 7.26 Å². The number of rotatable bonds is 8. The van der Waals surface area contributed by atoms with Crippen LogP contribution in [0.2, 0.25) is 0 Å². The van der Waals surface area contributed by atoms with Gasteiger partial charge in [-0.15, -0.1) is 0 Å². The quantitative estimate of drug-likeness (QED) is 0.293. The van der Waals surface area contributed by atoms with Gasteiger partial charge in [0.1, 0.15) is 29.8 Å². The Morgan fingerprint density at radius 1 is 0.767 bits per heavy atom. The number of allylic oxidation sites excluding steroid dienone is 3.